The maximum absolute atomic E-state index is 11.4. The molecule has 0 spiro atoms. The van der Waals surface area contributed by atoms with Crippen molar-refractivity contribution in [3.05, 3.63) is 44.1 Å². The van der Waals surface area contributed by atoms with Crippen molar-refractivity contribution in [2.45, 2.75) is 13.0 Å². The lowest BCUT2D eigenvalue weighted by atomic mass is 10.1. The number of nitro benzene ring substituents is 2. The van der Waals surface area contributed by atoms with Gasteiger partial charge in [-0.15, -0.1) is 0 Å². The number of hydrogen-bond donors (Lipinski definition) is 2. The molecule has 3 N–H and O–H groups in total. The number of aromatic nitrogens is 2. The fraction of sp³-hybridized carbons (Fsp3) is 0.357. The average Bonchev–Trinajstić information content (AvgIpc) is 3.08. The monoisotopic (exact) mass is 392 g/mol. The second-order valence-corrected chi connectivity index (χ2v) is 6.10. The summed E-state index contributed by atoms with van der Waals surface area (Å²) < 4.78 is 4.53. The van der Waals surface area contributed by atoms with Gasteiger partial charge in [-0.25, -0.2) is 4.63 Å². The molecule has 1 saturated heterocycles. The lowest BCUT2D eigenvalue weighted by Gasteiger charge is -2.41. The van der Waals surface area contributed by atoms with Crippen LogP contribution in [0.15, 0.2) is 28.0 Å². The molecule has 1 aromatic carbocycles. The van der Waals surface area contributed by atoms with Crippen molar-refractivity contribution < 1.29 is 19.7 Å². The van der Waals surface area contributed by atoms with Gasteiger partial charge in [0.05, 0.1) is 15.9 Å². The molecule has 0 unspecified atom stereocenters. The number of nitrogen functional groups attached to an aromatic ring is 1. The Hall–Kier alpha value is -3.97. The van der Waals surface area contributed by atoms with Crippen molar-refractivity contribution in [2.24, 2.45) is 5.16 Å². The molecule has 1 atom stereocenters. The molecule has 3 rings (SSSR count). The van der Waals surface area contributed by atoms with Gasteiger partial charge in [0.1, 0.15) is 5.69 Å². The number of non-ortho nitro benzene ring substituents is 1. The lowest BCUT2D eigenvalue weighted by Crippen LogP contribution is -2.54. The fourth-order valence-electron chi connectivity index (χ4n) is 3.12. The van der Waals surface area contributed by atoms with Crippen LogP contribution < -0.4 is 10.6 Å². The largest absolute Gasteiger partial charge is 0.409 e. The Bertz CT molecular complexity index is 944. The molecule has 0 amide bonds. The number of hydrogen-bond acceptors (Lipinski definition) is 11. The number of nitro groups is 2. The van der Waals surface area contributed by atoms with Gasteiger partial charge in [0, 0.05) is 31.7 Å². The van der Waals surface area contributed by atoms with Crippen LogP contribution in [-0.4, -0.2) is 61.8 Å². The van der Waals surface area contributed by atoms with Crippen LogP contribution >= 0.6 is 0 Å². The first kappa shape index (κ1) is 18.8. The standard InChI is InChI=1S/C14H16N8O6/c1-8-7-19(10-3-2-9(21(24)25)6-11(10)22(26)27)4-5-20(8)14(16-23)12-13(15)18-28-17-12/h2-3,6,8,23H,4-5,7H2,1H3,(H2,15,18)/b16-14-/t8-/m0/s1. The predicted octanol–water partition coefficient (Wildman–Crippen LogP) is 0.815. The maximum atomic E-state index is 11.4. The van der Waals surface area contributed by atoms with Gasteiger partial charge in [0.15, 0.2) is 11.5 Å². The third-order valence-corrected chi connectivity index (χ3v) is 4.43. The van der Waals surface area contributed by atoms with E-state index in [2.05, 4.69) is 20.1 Å². The Morgan fingerprint density at radius 1 is 1.32 bits per heavy atom. The molecule has 0 radical (unpaired) electrons. The number of oxime groups is 1. The number of rotatable bonds is 4. The van der Waals surface area contributed by atoms with Crippen LogP contribution in [0.3, 0.4) is 0 Å². The molecule has 0 bridgehead atoms. The second-order valence-electron chi connectivity index (χ2n) is 6.10. The van der Waals surface area contributed by atoms with Gasteiger partial charge in [0.2, 0.25) is 5.84 Å². The number of anilines is 2. The van der Waals surface area contributed by atoms with Gasteiger partial charge >= 0.3 is 0 Å². The van der Waals surface area contributed by atoms with E-state index in [1.807, 2.05) is 6.92 Å². The molecule has 1 fully saturated rings. The normalized spacial score (nSPS) is 17.6. The highest BCUT2D eigenvalue weighted by Crippen LogP contribution is 2.33. The van der Waals surface area contributed by atoms with Crippen molar-refractivity contribution in [2.75, 3.05) is 30.3 Å². The highest BCUT2D eigenvalue weighted by molar-refractivity contribution is 6.00. The third kappa shape index (κ3) is 3.34. The van der Waals surface area contributed by atoms with Crippen LogP contribution in [0.2, 0.25) is 0 Å². The summed E-state index contributed by atoms with van der Waals surface area (Å²) in [5.41, 5.74) is 5.30. The van der Waals surface area contributed by atoms with Crippen LogP contribution in [0, 0.1) is 20.2 Å². The second kappa shape index (κ2) is 7.34. The van der Waals surface area contributed by atoms with Crippen LogP contribution in [0.1, 0.15) is 12.6 Å². The Labute approximate surface area is 157 Å². The Morgan fingerprint density at radius 2 is 2.07 bits per heavy atom. The summed E-state index contributed by atoms with van der Waals surface area (Å²) in [5, 5.41) is 42.0. The fourth-order valence-corrected chi connectivity index (χ4v) is 3.12. The van der Waals surface area contributed by atoms with Crippen LogP contribution in [0.5, 0.6) is 0 Å². The van der Waals surface area contributed by atoms with E-state index >= 15 is 0 Å². The number of benzene rings is 1. The lowest BCUT2D eigenvalue weighted by molar-refractivity contribution is -0.393. The number of nitrogens with zero attached hydrogens (tertiary/aromatic N) is 7. The number of nitrogens with two attached hydrogens (primary N) is 1. The molecule has 28 heavy (non-hydrogen) atoms. The van der Waals surface area contributed by atoms with E-state index in [9.17, 15) is 25.4 Å². The molecule has 148 valence electrons. The van der Waals surface area contributed by atoms with E-state index in [1.54, 1.807) is 9.80 Å². The van der Waals surface area contributed by atoms with Gasteiger partial charge < -0.3 is 20.7 Å². The predicted molar refractivity (Wildman–Crippen MR) is 95.2 cm³/mol. The molecular weight excluding hydrogens is 376 g/mol. The smallest absolute Gasteiger partial charge is 0.299 e. The zero-order valence-electron chi connectivity index (χ0n) is 14.6. The molecule has 1 aromatic heterocycles. The van der Waals surface area contributed by atoms with E-state index in [4.69, 9.17) is 5.73 Å². The first-order valence-electron chi connectivity index (χ1n) is 8.08. The van der Waals surface area contributed by atoms with Gasteiger partial charge in [-0.1, -0.05) is 5.16 Å². The van der Waals surface area contributed by atoms with Crippen molar-refractivity contribution in [1.82, 2.24) is 15.2 Å². The highest BCUT2D eigenvalue weighted by Gasteiger charge is 2.33. The highest BCUT2D eigenvalue weighted by atomic mass is 16.6. The van der Waals surface area contributed by atoms with Crippen LogP contribution in [0.4, 0.5) is 22.9 Å². The number of piperazine rings is 1. The SMILES string of the molecule is C[C@H]1CN(c2ccc([N+](=O)[O-])cc2[N+](=O)[O-])CCN1/C(=N\O)c1nonc1N. The summed E-state index contributed by atoms with van der Waals surface area (Å²) >= 11 is 0. The van der Waals surface area contributed by atoms with E-state index in [0.717, 1.165) is 6.07 Å². The van der Waals surface area contributed by atoms with Gasteiger partial charge in [-0.05, 0) is 23.3 Å². The quantitative estimate of drug-likeness (QED) is 0.246. The maximum Gasteiger partial charge on any atom is 0.299 e. The number of amidine groups is 1. The van der Waals surface area contributed by atoms with E-state index in [0.29, 0.717) is 19.6 Å². The van der Waals surface area contributed by atoms with Crippen molar-refractivity contribution in [1.29, 1.82) is 0 Å². The molecule has 2 aromatic rings. The molecule has 1 aliphatic heterocycles. The molecule has 2 heterocycles. The summed E-state index contributed by atoms with van der Waals surface area (Å²) in [7, 11) is 0. The zero-order valence-corrected chi connectivity index (χ0v) is 14.6. The summed E-state index contributed by atoms with van der Waals surface area (Å²) in [4.78, 5) is 24.4. The molecule has 0 aliphatic carbocycles. The molecule has 1 aliphatic rings. The first-order chi connectivity index (χ1) is 13.3. The Kier molecular flexibility index (Phi) is 4.93. The summed E-state index contributed by atoms with van der Waals surface area (Å²) in [6.07, 6.45) is 0. The third-order valence-electron chi connectivity index (χ3n) is 4.43. The Balaban J connectivity index is 1.85. The van der Waals surface area contributed by atoms with Crippen molar-refractivity contribution >= 4 is 28.7 Å². The average molecular weight is 392 g/mol. The van der Waals surface area contributed by atoms with E-state index in [-0.39, 0.29) is 40.5 Å². The van der Waals surface area contributed by atoms with Gasteiger partial charge in [-0.3, -0.25) is 20.2 Å². The molecular formula is C14H16N8O6. The van der Waals surface area contributed by atoms with Gasteiger partial charge in [0.25, 0.3) is 11.4 Å². The molecule has 14 heteroatoms. The topological polar surface area (TPSA) is 190 Å². The zero-order chi connectivity index (χ0) is 20.4. The summed E-state index contributed by atoms with van der Waals surface area (Å²) in [5.74, 6) is 0.0394. The van der Waals surface area contributed by atoms with Crippen LogP contribution in [0.25, 0.3) is 0 Å². The summed E-state index contributed by atoms with van der Waals surface area (Å²) in [6.45, 7) is 2.79. The minimum atomic E-state index is -0.683. The van der Waals surface area contributed by atoms with Crippen molar-refractivity contribution in [3.63, 3.8) is 0 Å². The van der Waals surface area contributed by atoms with Crippen LogP contribution in [-0.2, 0) is 0 Å². The minimum Gasteiger partial charge on any atom is -0.409 e. The molecule has 14 nitrogen and oxygen atoms in total. The van der Waals surface area contributed by atoms with Gasteiger partial charge in [-0.2, -0.15) is 0 Å². The first-order valence-corrected chi connectivity index (χ1v) is 8.08. The van der Waals surface area contributed by atoms with Crippen molar-refractivity contribution in [3.8, 4) is 0 Å². The Morgan fingerprint density at radius 3 is 2.61 bits per heavy atom. The summed E-state index contributed by atoms with van der Waals surface area (Å²) in [6, 6.07) is 3.26. The molecule has 0 saturated carbocycles. The minimum absolute atomic E-state index is 0.0339. The van der Waals surface area contributed by atoms with E-state index < -0.39 is 9.85 Å². The van der Waals surface area contributed by atoms with E-state index in [1.165, 1.54) is 12.1 Å².